The first-order valence-electron chi connectivity index (χ1n) is 8.68. The number of phenolic OH excluding ortho intramolecular Hbond substituents is 1. The first-order valence-corrected chi connectivity index (χ1v) is 8.68. The summed E-state index contributed by atoms with van der Waals surface area (Å²) in [5, 5.41) is 9.49. The molecule has 0 bridgehead atoms. The van der Waals surface area contributed by atoms with E-state index in [0.29, 0.717) is 28.3 Å². The van der Waals surface area contributed by atoms with Crippen LogP contribution in [0.2, 0.25) is 0 Å². The van der Waals surface area contributed by atoms with Gasteiger partial charge in [0.15, 0.2) is 11.5 Å². The number of aromatic nitrogens is 2. The van der Waals surface area contributed by atoms with Crippen LogP contribution < -0.4 is 20.7 Å². The minimum absolute atomic E-state index is 0.114. The lowest BCUT2D eigenvalue weighted by molar-refractivity contribution is 0.354. The van der Waals surface area contributed by atoms with Crippen LogP contribution in [0, 0.1) is 6.92 Å². The molecule has 28 heavy (non-hydrogen) atoms. The molecular weight excluding hydrogens is 360 g/mol. The molecule has 3 aromatic rings. The number of aromatic hydroxyl groups is 1. The Bertz CT molecular complexity index is 1090. The summed E-state index contributed by atoms with van der Waals surface area (Å²) < 4.78 is 13.2. The molecule has 0 unspecified atom stereocenters. The van der Waals surface area contributed by atoms with Crippen LogP contribution in [-0.4, -0.2) is 28.5 Å². The Morgan fingerprint density at radius 3 is 2.21 bits per heavy atom. The van der Waals surface area contributed by atoms with Gasteiger partial charge >= 0.3 is 5.69 Å². The maximum atomic E-state index is 12.9. The van der Waals surface area contributed by atoms with Crippen LogP contribution in [0.5, 0.6) is 17.2 Å². The van der Waals surface area contributed by atoms with Crippen LogP contribution in [0.4, 0.5) is 0 Å². The van der Waals surface area contributed by atoms with E-state index in [0.717, 1.165) is 5.56 Å². The van der Waals surface area contributed by atoms with Crippen molar-refractivity contribution in [3.8, 4) is 28.5 Å². The number of ether oxygens (including phenoxy) is 2. The van der Waals surface area contributed by atoms with Gasteiger partial charge in [0.05, 0.1) is 26.5 Å². The average Bonchev–Trinajstić information content (AvgIpc) is 2.71. The second-order valence-electron chi connectivity index (χ2n) is 6.44. The zero-order valence-electron chi connectivity index (χ0n) is 16.2. The molecule has 0 amide bonds. The Morgan fingerprint density at radius 1 is 0.964 bits per heavy atom. The third-order valence-corrected chi connectivity index (χ3v) is 4.70. The largest absolute Gasteiger partial charge is 0.508 e. The van der Waals surface area contributed by atoms with Crippen molar-refractivity contribution in [2.75, 3.05) is 14.2 Å². The highest BCUT2D eigenvalue weighted by molar-refractivity contribution is 5.63. The molecule has 0 saturated heterocycles. The molecule has 0 spiro atoms. The Balaban J connectivity index is 2.10. The lowest BCUT2D eigenvalue weighted by Gasteiger charge is -2.16. The Hall–Kier alpha value is -3.48. The highest BCUT2D eigenvalue weighted by Crippen LogP contribution is 2.28. The normalized spacial score (nSPS) is 10.7. The number of methoxy groups -OCH3 is 2. The number of benzene rings is 2. The van der Waals surface area contributed by atoms with E-state index in [4.69, 9.17) is 9.47 Å². The summed E-state index contributed by atoms with van der Waals surface area (Å²) in [7, 11) is 4.70. The summed E-state index contributed by atoms with van der Waals surface area (Å²) >= 11 is 0. The molecule has 0 radical (unpaired) electrons. The van der Waals surface area contributed by atoms with Crippen LogP contribution in [-0.2, 0) is 13.6 Å². The fourth-order valence-electron chi connectivity index (χ4n) is 3.25. The summed E-state index contributed by atoms with van der Waals surface area (Å²) in [6.45, 7) is 1.80. The first kappa shape index (κ1) is 19.3. The quantitative estimate of drug-likeness (QED) is 0.732. The summed E-state index contributed by atoms with van der Waals surface area (Å²) in [5.74, 6) is 1.22. The standard InChI is InChI=1S/C21H22N2O5/c1-13-19(15-6-8-16(24)9-7-15)22(2)21(26)23(20(13)25)12-14-5-10-17(27-3)18(11-14)28-4/h5-11,24H,12H2,1-4H3. The van der Waals surface area contributed by atoms with E-state index in [1.54, 1.807) is 51.4 Å². The average molecular weight is 382 g/mol. The van der Waals surface area contributed by atoms with Gasteiger partial charge in [0.2, 0.25) is 0 Å². The van der Waals surface area contributed by atoms with Crippen molar-refractivity contribution >= 4 is 0 Å². The smallest absolute Gasteiger partial charge is 0.331 e. The molecule has 0 aliphatic carbocycles. The van der Waals surface area contributed by atoms with Gasteiger partial charge < -0.3 is 14.6 Å². The summed E-state index contributed by atoms with van der Waals surface area (Å²) in [6.07, 6.45) is 0. The minimum atomic E-state index is -0.423. The molecule has 3 rings (SSSR count). The molecule has 2 aromatic carbocycles. The van der Waals surface area contributed by atoms with Gasteiger partial charge in [0, 0.05) is 12.6 Å². The predicted octanol–water partition coefficient (Wildman–Crippen LogP) is 2.29. The van der Waals surface area contributed by atoms with E-state index in [1.807, 2.05) is 0 Å². The third kappa shape index (κ3) is 3.38. The molecule has 0 atom stereocenters. The zero-order valence-corrected chi connectivity index (χ0v) is 16.2. The van der Waals surface area contributed by atoms with Gasteiger partial charge in [0.1, 0.15) is 5.75 Å². The molecule has 0 aliphatic rings. The highest BCUT2D eigenvalue weighted by atomic mass is 16.5. The molecule has 0 aliphatic heterocycles. The van der Waals surface area contributed by atoms with Gasteiger partial charge in [-0.3, -0.25) is 13.9 Å². The van der Waals surface area contributed by atoms with Crippen molar-refractivity contribution in [3.05, 3.63) is 74.4 Å². The zero-order chi connectivity index (χ0) is 20.4. The van der Waals surface area contributed by atoms with Crippen LogP contribution in [0.3, 0.4) is 0 Å². The molecule has 146 valence electrons. The van der Waals surface area contributed by atoms with Gasteiger partial charge in [-0.1, -0.05) is 6.07 Å². The summed E-state index contributed by atoms with van der Waals surface area (Å²) in [6, 6.07) is 11.7. The number of rotatable bonds is 5. The Morgan fingerprint density at radius 2 is 1.61 bits per heavy atom. The van der Waals surface area contributed by atoms with Crippen LogP contribution in [0.25, 0.3) is 11.3 Å². The fraction of sp³-hybridized carbons (Fsp3) is 0.238. The summed E-state index contributed by atoms with van der Waals surface area (Å²) in [4.78, 5) is 25.8. The van der Waals surface area contributed by atoms with Crippen molar-refractivity contribution in [2.45, 2.75) is 13.5 Å². The molecule has 1 N–H and O–H groups in total. The van der Waals surface area contributed by atoms with E-state index in [-0.39, 0.29) is 17.9 Å². The van der Waals surface area contributed by atoms with Crippen LogP contribution >= 0.6 is 0 Å². The van der Waals surface area contributed by atoms with Crippen LogP contribution in [0.15, 0.2) is 52.1 Å². The van der Waals surface area contributed by atoms with E-state index >= 15 is 0 Å². The van der Waals surface area contributed by atoms with E-state index in [2.05, 4.69) is 0 Å². The minimum Gasteiger partial charge on any atom is -0.508 e. The topological polar surface area (TPSA) is 82.7 Å². The Kier molecular flexibility index (Phi) is 5.26. The molecular formula is C21H22N2O5. The first-order chi connectivity index (χ1) is 13.4. The van der Waals surface area contributed by atoms with E-state index in [9.17, 15) is 14.7 Å². The lowest BCUT2D eigenvalue weighted by atomic mass is 10.1. The molecule has 7 heteroatoms. The number of nitrogens with zero attached hydrogens (tertiary/aromatic N) is 2. The van der Waals surface area contributed by atoms with E-state index < -0.39 is 5.69 Å². The predicted molar refractivity (Wildman–Crippen MR) is 106 cm³/mol. The molecule has 0 saturated carbocycles. The van der Waals surface area contributed by atoms with Crippen molar-refractivity contribution in [3.63, 3.8) is 0 Å². The van der Waals surface area contributed by atoms with Gasteiger partial charge in [-0.25, -0.2) is 4.79 Å². The molecule has 7 nitrogen and oxygen atoms in total. The van der Waals surface area contributed by atoms with Gasteiger partial charge in [0.25, 0.3) is 5.56 Å². The lowest BCUT2D eigenvalue weighted by Crippen LogP contribution is -2.41. The van der Waals surface area contributed by atoms with Gasteiger partial charge in [-0.15, -0.1) is 0 Å². The molecule has 1 heterocycles. The summed E-state index contributed by atoms with van der Waals surface area (Å²) in [5.41, 5.74) is 1.63. The third-order valence-electron chi connectivity index (χ3n) is 4.70. The van der Waals surface area contributed by atoms with Crippen molar-refractivity contribution in [1.82, 2.24) is 9.13 Å². The monoisotopic (exact) mass is 382 g/mol. The maximum absolute atomic E-state index is 12.9. The highest BCUT2D eigenvalue weighted by Gasteiger charge is 2.16. The number of hydrogen-bond acceptors (Lipinski definition) is 5. The maximum Gasteiger partial charge on any atom is 0.331 e. The fourth-order valence-corrected chi connectivity index (χ4v) is 3.25. The van der Waals surface area contributed by atoms with E-state index in [1.165, 1.54) is 28.4 Å². The molecule has 1 aromatic heterocycles. The second kappa shape index (κ2) is 7.64. The van der Waals surface area contributed by atoms with Crippen molar-refractivity contribution < 1.29 is 14.6 Å². The SMILES string of the molecule is COc1ccc(Cn2c(=O)c(C)c(-c3ccc(O)cc3)n(C)c2=O)cc1OC. The second-order valence-corrected chi connectivity index (χ2v) is 6.44. The van der Waals surface area contributed by atoms with Crippen molar-refractivity contribution in [1.29, 1.82) is 0 Å². The van der Waals surface area contributed by atoms with Gasteiger partial charge in [-0.2, -0.15) is 0 Å². The number of hydrogen-bond donors (Lipinski definition) is 1. The number of phenols is 1. The van der Waals surface area contributed by atoms with Crippen LogP contribution in [0.1, 0.15) is 11.1 Å². The Labute approximate surface area is 162 Å². The van der Waals surface area contributed by atoms with Crippen molar-refractivity contribution in [2.24, 2.45) is 7.05 Å². The van der Waals surface area contributed by atoms with Gasteiger partial charge in [-0.05, 0) is 54.4 Å². The molecule has 0 fully saturated rings.